The molecule has 1 aliphatic rings. The third-order valence-corrected chi connectivity index (χ3v) is 6.26. The van der Waals surface area contributed by atoms with Crippen molar-refractivity contribution < 1.29 is 4.79 Å². The number of aryl methyl sites for hydroxylation is 1. The summed E-state index contributed by atoms with van der Waals surface area (Å²) in [5.41, 5.74) is 2.37. The summed E-state index contributed by atoms with van der Waals surface area (Å²) >= 11 is 4.98. The van der Waals surface area contributed by atoms with E-state index in [-0.39, 0.29) is 5.91 Å². The first-order valence-corrected chi connectivity index (χ1v) is 10.1. The number of amides is 1. The zero-order valence-corrected chi connectivity index (χ0v) is 16.7. The van der Waals surface area contributed by atoms with Gasteiger partial charge in [-0.3, -0.25) is 9.36 Å². The van der Waals surface area contributed by atoms with Crippen molar-refractivity contribution in [1.82, 2.24) is 14.8 Å². The first-order chi connectivity index (χ1) is 12.6. The molecule has 0 radical (unpaired) electrons. The number of nitrogens with zero attached hydrogens (tertiary/aromatic N) is 4. The highest BCUT2D eigenvalue weighted by molar-refractivity contribution is 9.10. The molecule has 0 saturated carbocycles. The van der Waals surface area contributed by atoms with E-state index >= 15 is 0 Å². The fourth-order valence-electron chi connectivity index (χ4n) is 2.99. The summed E-state index contributed by atoms with van der Waals surface area (Å²) in [4.78, 5) is 15.0. The van der Waals surface area contributed by atoms with Crippen LogP contribution < -0.4 is 10.2 Å². The molecule has 6 nitrogen and oxygen atoms in total. The third kappa shape index (κ3) is 3.39. The molecule has 3 aromatic rings. The van der Waals surface area contributed by atoms with Gasteiger partial charge >= 0.3 is 0 Å². The first-order valence-electron chi connectivity index (χ1n) is 8.45. The molecule has 0 unspecified atom stereocenters. The predicted octanol–water partition coefficient (Wildman–Crippen LogP) is 4.25. The topological polar surface area (TPSA) is 63.1 Å². The Morgan fingerprint density at radius 1 is 1.19 bits per heavy atom. The molecule has 3 heterocycles. The number of aromatic nitrogens is 3. The lowest BCUT2D eigenvalue weighted by atomic mass is 10.2. The van der Waals surface area contributed by atoms with Crippen molar-refractivity contribution >= 4 is 44.0 Å². The molecule has 0 spiro atoms. The number of carbonyl (C=O) groups is 1. The molecule has 8 heteroatoms. The Balaban J connectivity index is 1.56. The number of hydrogen-bond acceptors (Lipinski definition) is 5. The fraction of sp³-hybridized carbons (Fsp3) is 0.278. The third-order valence-electron chi connectivity index (χ3n) is 4.38. The van der Waals surface area contributed by atoms with Crippen LogP contribution in [0.5, 0.6) is 0 Å². The molecule has 2 aromatic heterocycles. The molecule has 1 fully saturated rings. The van der Waals surface area contributed by atoms with Crippen LogP contribution in [-0.4, -0.2) is 33.8 Å². The van der Waals surface area contributed by atoms with Gasteiger partial charge in [-0.25, -0.2) is 0 Å². The van der Waals surface area contributed by atoms with E-state index in [4.69, 9.17) is 0 Å². The molecule has 0 bridgehead atoms. The second-order valence-corrected chi connectivity index (χ2v) is 8.03. The van der Waals surface area contributed by atoms with Crippen LogP contribution in [0.3, 0.4) is 0 Å². The number of nitrogens with one attached hydrogen (secondary N) is 1. The molecular formula is C18H18BrN5OS. The number of benzene rings is 1. The van der Waals surface area contributed by atoms with Crippen molar-refractivity contribution in [3.05, 3.63) is 52.3 Å². The van der Waals surface area contributed by atoms with Gasteiger partial charge in [0.15, 0.2) is 0 Å². The number of anilines is 2. The second-order valence-electron chi connectivity index (χ2n) is 6.24. The molecule has 4 rings (SSSR count). The zero-order valence-electron chi connectivity index (χ0n) is 14.3. The summed E-state index contributed by atoms with van der Waals surface area (Å²) in [7, 11) is 0. The second kappa shape index (κ2) is 7.20. The SMILES string of the molecule is Cc1cc(NC(=O)c2cccn2-c2nnc(N3CCCC3)s2)ccc1Br. The molecule has 1 N–H and O–H groups in total. The zero-order chi connectivity index (χ0) is 18.1. The molecule has 0 aliphatic carbocycles. The maximum atomic E-state index is 12.7. The van der Waals surface area contributed by atoms with Crippen LogP contribution in [-0.2, 0) is 0 Å². The Kier molecular flexibility index (Phi) is 4.78. The monoisotopic (exact) mass is 431 g/mol. The van der Waals surface area contributed by atoms with Gasteiger partial charge < -0.3 is 10.2 Å². The Morgan fingerprint density at radius 2 is 1.96 bits per heavy atom. The van der Waals surface area contributed by atoms with Gasteiger partial charge in [-0.05, 0) is 55.7 Å². The van der Waals surface area contributed by atoms with E-state index in [2.05, 4.69) is 36.3 Å². The van der Waals surface area contributed by atoms with Crippen LogP contribution in [0.4, 0.5) is 10.8 Å². The average molecular weight is 432 g/mol. The number of hydrogen-bond donors (Lipinski definition) is 1. The Morgan fingerprint density at radius 3 is 2.73 bits per heavy atom. The maximum absolute atomic E-state index is 12.7. The number of halogens is 1. The van der Waals surface area contributed by atoms with E-state index in [1.54, 1.807) is 10.6 Å². The number of carbonyl (C=O) groups excluding carboxylic acids is 1. The fourth-order valence-corrected chi connectivity index (χ4v) is 4.13. The van der Waals surface area contributed by atoms with Gasteiger partial charge in [-0.2, -0.15) is 0 Å². The molecule has 134 valence electrons. The largest absolute Gasteiger partial charge is 0.347 e. The highest BCUT2D eigenvalue weighted by Gasteiger charge is 2.19. The smallest absolute Gasteiger partial charge is 0.272 e. The van der Waals surface area contributed by atoms with Gasteiger partial charge in [0.05, 0.1) is 0 Å². The highest BCUT2D eigenvalue weighted by Crippen LogP contribution is 2.27. The first kappa shape index (κ1) is 17.2. The van der Waals surface area contributed by atoms with Crippen molar-refractivity contribution in [3.63, 3.8) is 0 Å². The molecular weight excluding hydrogens is 414 g/mol. The minimum absolute atomic E-state index is 0.172. The van der Waals surface area contributed by atoms with E-state index in [1.165, 1.54) is 24.2 Å². The minimum Gasteiger partial charge on any atom is -0.347 e. The lowest BCUT2D eigenvalue weighted by Gasteiger charge is -2.11. The summed E-state index contributed by atoms with van der Waals surface area (Å²) in [6.07, 6.45) is 4.23. The van der Waals surface area contributed by atoms with E-state index in [0.717, 1.165) is 33.9 Å². The van der Waals surface area contributed by atoms with Crippen molar-refractivity contribution in [1.29, 1.82) is 0 Å². The summed E-state index contributed by atoms with van der Waals surface area (Å²) in [5.74, 6) is -0.172. The Labute approximate surface area is 164 Å². The van der Waals surface area contributed by atoms with E-state index in [1.807, 2.05) is 37.4 Å². The minimum atomic E-state index is -0.172. The van der Waals surface area contributed by atoms with Crippen molar-refractivity contribution in [3.8, 4) is 5.13 Å². The molecule has 1 saturated heterocycles. The summed E-state index contributed by atoms with van der Waals surface area (Å²) in [5, 5.41) is 13.1. The summed E-state index contributed by atoms with van der Waals surface area (Å²) < 4.78 is 2.81. The van der Waals surface area contributed by atoms with E-state index < -0.39 is 0 Å². The van der Waals surface area contributed by atoms with E-state index in [9.17, 15) is 4.79 Å². The van der Waals surface area contributed by atoms with Gasteiger partial charge in [-0.1, -0.05) is 27.3 Å². The van der Waals surface area contributed by atoms with Crippen molar-refractivity contribution in [2.75, 3.05) is 23.3 Å². The number of rotatable bonds is 4. The molecule has 0 atom stereocenters. The van der Waals surface area contributed by atoms with Crippen LogP contribution in [0.25, 0.3) is 5.13 Å². The lowest BCUT2D eigenvalue weighted by Crippen LogP contribution is -2.17. The van der Waals surface area contributed by atoms with Crippen molar-refractivity contribution in [2.24, 2.45) is 0 Å². The molecule has 26 heavy (non-hydrogen) atoms. The van der Waals surface area contributed by atoms with Crippen molar-refractivity contribution in [2.45, 2.75) is 19.8 Å². The Hall–Kier alpha value is -2.19. The van der Waals surface area contributed by atoms with Gasteiger partial charge in [0.2, 0.25) is 10.3 Å². The van der Waals surface area contributed by atoms with Gasteiger partial charge in [-0.15, -0.1) is 10.2 Å². The van der Waals surface area contributed by atoms with Crippen LogP contribution in [0, 0.1) is 6.92 Å². The molecule has 1 aromatic carbocycles. The highest BCUT2D eigenvalue weighted by atomic mass is 79.9. The average Bonchev–Trinajstić information content (AvgIpc) is 3.38. The summed E-state index contributed by atoms with van der Waals surface area (Å²) in [6.45, 7) is 4.04. The maximum Gasteiger partial charge on any atom is 0.272 e. The standard InChI is InChI=1S/C18H18BrN5OS/c1-12-11-13(6-7-14(12)19)20-16(25)15-5-4-10-24(15)18-22-21-17(26-18)23-8-2-3-9-23/h4-7,10-11H,2-3,8-9H2,1H3,(H,20,25). The molecule has 1 amide bonds. The Bertz CT molecular complexity index is 945. The van der Waals surface area contributed by atoms with Crippen LogP contribution >= 0.6 is 27.3 Å². The lowest BCUT2D eigenvalue weighted by molar-refractivity contribution is 0.102. The predicted molar refractivity (Wildman–Crippen MR) is 108 cm³/mol. The quantitative estimate of drug-likeness (QED) is 0.670. The van der Waals surface area contributed by atoms with E-state index in [0.29, 0.717) is 10.8 Å². The van der Waals surface area contributed by atoms with Gasteiger partial charge in [0, 0.05) is 29.4 Å². The molecule has 1 aliphatic heterocycles. The van der Waals surface area contributed by atoms with Crippen LogP contribution in [0.15, 0.2) is 41.0 Å². The van der Waals surface area contributed by atoms with Crippen LogP contribution in [0.2, 0.25) is 0 Å². The van der Waals surface area contributed by atoms with Gasteiger partial charge in [0.25, 0.3) is 5.91 Å². The van der Waals surface area contributed by atoms with Gasteiger partial charge in [0.1, 0.15) is 5.69 Å². The normalized spacial score (nSPS) is 14.0. The summed E-state index contributed by atoms with van der Waals surface area (Å²) in [6, 6.07) is 9.37. The van der Waals surface area contributed by atoms with Crippen LogP contribution in [0.1, 0.15) is 28.9 Å².